The second kappa shape index (κ2) is 55.8. The highest BCUT2D eigenvalue weighted by Gasteiger charge is 2.44. The van der Waals surface area contributed by atoms with Crippen molar-refractivity contribution in [1.29, 1.82) is 0 Å². The number of hydrogen-bond donors (Lipinski definition) is 8. The first-order valence-corrected chi connectivity index (χ1v) is 33.4. The molecule has 1 amide bonds. The van der Waals surface area contributed by atoms with Gasteiger partial charge in [-0.15, -0.1) is 0 Å². The van der Waals surface area contributed by atoms with Crippen molar-refractivity contribution in [3.63, 3.8) is 0 Å². The van der Waals surface area contributed by atoms with Gasteiger partial charge in [0.15, 0.2) is 6.29 Å². The molecule has 8 N–H and O–H groups in total. The molecule has 1 saturated heterocycles. The van der Waals surface area contributed by atoms with E-state index in [1.807, 2.05) is 0 Å². The van der Waals surface area contributed by atoms with Gasteiger partial charge in [-0.3, -0.25) is 4.79 Å². The van der Waals surface area contributed by atoms with E-state index in [4.69, 9.17) is 9.47 Å². The zero-order valence-electron chi connectivity index (χ0n) is 50.7. The van der Waals surface area contributed by atoms with Crippen molar-refractivity contribution in [2.24, 2.45) is 0 Å². The summed E-state index contributed by atoms with van der Waals surface area (Å²) in [5, 5.41) is 76.3. The summed E-state index contributed by atoms with van der Waals surface area (Å²) in [4.78, 5) is 13.2. The van der Waals surface area contributed by atoms with Gasteiger partial charge in [0.1, 0.15) is 36.6 Å². The lowest BCUT2D eigenvalue weighted by Gasteiger charge is -2.40. The first-order chi connectivity index (χ1) is 38.2. The number of carbonyl (C=O) groups is 1. The van der Waals surface area contributed by atoms with Gasteiger partial charge in [-0.25, -0.2) is 0 Å². The van der Waals surface area contributed by atoms with Gasteiger partial charge in [0.05, 0.1) is 25.4 Å². The number of rotatable bonds is 58. The van der Waals surface area contributed by atoms with E-state index >= 15 is 0 Å². The normalized spacial score (nSPS) is 19.6. The van der Waals surface area contributed by atoms with Gasteiger partial charge in [0, 0.05) is 0 Å². The van der Waals surface area contributed by atoms with Crippen LogP contribution in [0.1, 0.15) is 316 Å². The first-order valence-electron chi connectivity index (χ1n) is 33.4. The summed E-state index contributed by atoms with van der Waals surface area (Å²) >= 11 is 0. The summed E-state index contributed by atoms with van der Waals surface area (Å²) in [6.07, 6.45) is 59.4. The van der Waals surface area contributed by atoms with Gasteiger partial charge in [-0.05, 0) is 64.2 Å². The highest BCUT2D eigenvalue weighted by Crippen LogP contribution is 2.24. The monoisotopic (exact) mass is 1110 g/mol. The number of carbonyl (C=O) groups excluding carboxylic acids is 1. The third-order valence-electron chi connectivity index (χ3n) is 16.2. The largest absolute Gasteiger partial charge is 0.394 e. The van der Waals surface area contributed by atoms with Crippen molar-refractivity contribution in [2.75, 3.05) is 13.2 Å². The number of ether oxygens (including phenoxy) is 2. The van der Waals surface area contributed by atoms with Gasteiger partial charge < -0.3 is 50.5 Å². The Morgan fingerprint density at radius 2 is 0.769 bits per heavy atom. The Morgan fingerprint density at radius 3 is 1.14 bits per heavy atom. The summed E-state index contributed by atoms with van der Waals surface area (Å²) in [6, 6.07) is -1.19. The zero-order chi connectivity index (χ0) is 56.8. The van der Waals surface area contributed by atoms with Crippen molar-refractivity contribution in [3.05, 3.63) is 36.5 Å². The van der Waals surface area contributed by atoms with Crippen LogP contribution in [-0.4, -0.2) is 110 Å². The van der Waals surface area contributed by atoms with Crippen LogP contribution in [0.5, 0.6) is 0 Å². The second-order valence-electron chi connectivity index (χ2n) is 23.5. The lowest BCUT2D eigenvalue weighted by atomic mass is 9.98. The molecule has 9 unspecified atom stereocenters. The molecule has 11 nitrogen and oxygen atoms in total. The minimum absolute atomic E-state index is 0.243. The predicted molar refractivity (Wildman–Crippen MR) is 325 cm³/mol. The van der Waals surface area contributed by atoms with Gasteiger partial charge >= 0.3 is 0 Å². The van der Waals surface area contributed by atoms with E-state index in [0.29, 0.717) is 19.3 Å². The van der Waals surface area contributed by atoms with E-state index in [2.05, 4.69) is 55.6 Å². The molecule has 1 fully saturated rings. The van der Waals surface area contributed by atoms with Crippen LogP contribution < -0.4 is 5.32 Å². The number of hydrogen-bond acceptors (Lipinski definition) is 10. The molecule has 1 aliphatic rings. The number of nitrogens with one attached hydrogen (secondary N) is 1. The molecule has 11 heteroatoms. The first kappa shape index (κ1) is 74.3. The van der Waals surface area contributed by atoms with E-state index < -0.39 is 74.2 Å². The molecule has 0 spiro atoms. The number of allylic oxidation sites excluding steroid dienone is 6. The SMILES string of the molecule is CCCCCCCCC/C=C/CC/C=C/CC/C=C/CCCC(O)C(O)C(COC1OC(CO)C(O)C(O)C1O)NC(=O)C(O)CCCCCCCCCCCCCCCCCCCCCCCCCCCCCCCCC. The van der Waals surface area contributed by atoms with Crippen LogP contribution in [-0.2, 0) is 14.3 Å². The topological polar surface area (TPSA) is 189 Å². The van der Waals surface area contributed by atoms with Gasteiger partial charge in [0.2, 0.25) is 5.91 Å². The van der Waals surface area contributed by atoms with Crippen LogP contribution in [0.15, 0.2) is 36.5 Å². The third-order valence-corrected chi connectivity index (χ3v) is 16.2. The van der Waals surface area contributed by atoms with Gasteiger partial charge in [-0.2, -0.15) is 0 Å². The van der Waals surface area contributed by atoms with Crippen molar-refractivity contribution < 1.29 is 50.0 Å². The van der Waals surface area contributed by atoms with E-state index in [-0.39, 0.29) is 12.8 Å². The van der Waals surface area contributed by atoms with Crippen molar-refractivity contribution in [3.8, 4) is 0 Å². The van der Waals surface area contributed by atoms with E-state index in [1.165, 1.54) is 225 Å². The fourth-order valence-electron chi connectivity index (χ4n) is 10.8. The highest BCUT2D eigenvalue weighted by molar-refractivity contribution is 5.80. The highest BCUT2D eigenvalue weighted by atomic mass is 16.7. The standard InChI is InChI=1S/C67H127NO10/c1-3-5-7-9-11-13-15-17-19-21-23-25-26-27-28-29-30-31-32-33-34-35-37-39-41-43-45-47-49-51-53-55-60(71)66(76)68-58(57-77-67-65(75)64(74)63(73)61(56-69)78-67)62(72)59(70)54-52-50-48-46-44-42-40-38-36-24-22-20-18-16-14-12-10-8-6-4-2/h20,22,38,40,46,48,58-65,67,69-75H,3-19,21,23-37,39,41-45,47,49-57H2,1-2H3,(H,68,76)/b22-20+,40-38+,48-46+. The maximum atomic E-state index is 13.2. The van der Waals surface area contributed by atoms with Crippen molar-refractivity contribution in [2.45, 2.75) is 371 Å². The van der Waals surface area contributed by atoms with Crippen molar-refractivity contribution >= 4 is 5.91 Å². The zero-order valence-corrected chi connectivity index (χ0v) is 50.7. The molecule has 78 heavy (non-hydrogen) atoms. The number of unbranched alkanes of at least 4 members (excludes halogenated alkanes) is 40. The Hall–Kier alpha value is -1.67. The van der Waals surface area contributed by atoms with Crippen molar-refractivity contribution in [1.82, 2.24) is 5.32 Å². The summed E-state index contributed by atoms with van der Waals surface area (Å²) in [5.41, 5.74) is 0. The third kappa shape index (κ3) is 43.1. The Labute approximate surface area is 479 Å². The van der Waals surface area contributed by atoms with Gasteiger partial charge in [0.25, 0.3) is 0 Å². The Balaban J connectivity index is 2.22. The average molecular weight is 1110 g/mol. The summed E-state index contributed by atoms with van der Waals surface area (Å²) in [7, 11) is 0. The maximum Gasteiger partial charge on any atom is 0.249 e. The van der Waals surface area contributed by atoms with Crippen LogP contribution in [0.25, 0.3) is 0 Å². The lowest BCUT2D eigenvalue weighted by molar-refractivity contribution is -0.303. The quantitative estimate of drug-likeness (QED) is 0.0215. The van der Waals surface area contributed by atoms with Crippen LogP contribution in [0.4, 0.5) is 0 Å². The number of aliphatic hydroxyl groups excluding tert-OH is 7. The molecular formula is C67H127NO10. The maximum absolute atomic E-state index is 13.2. The minimum atomic E-state index is -1.67. The van der Waals surface area contributed by atoms with E-state index in [9.17, 15) is 40.5 Å². The fourth-order valence-corrected chi connectivity index (χ4v) is 10.8. The van der Waals surface area contributed by atoms with Crippen LogP contribution in [0.3, 0.4) is 0 Å². The fraction of sp³-hybridized carbons (Fsp3) is 0.896. The number of amides is 1. The lowest BCUT2D eigenvalue weighted by Crippen LogP contribution is -2.60. The molecule has 0 aromatic heterocycles. The molecule has 0 aromatic rings. The summed E-state index contributed by atoms with van der Waals surface area (Å²) in [6.45, 7) is 3.47. The molecule has 0 aliphatic carbocycles. The van der Waals surface area contributed by atoms with E-state index in [1.54, 1.807) is 0 Å². The molecule has 1 heterocycles. The van der Waals surface area contributed by atoms with Crippen LogP contribution in [0.2, 0.25) is 0 Å². The van der Waals surface area contributed by atoms with Crippen LogP contribution >= 0.6 is 0 Å². The molecular weight excluding hydrogens is 979 g/mol. The Bertz CT molecular complexity index is 1360. The average Bonchev–Trinajstić information content (AvgIpc) is 3.46. The molecule has 0 saturated carbocycles. The molecule has 1 rings (SSSR count). The summed E-state index contributed by atoms with van der Waals surface area (Å²) < 4.78 is 11.2. The van der Waals surface area contributed by atoms with E-state index in [0.717, 1.165) is 44.9 Å². The minimum Gasteiger partial charge on any atom is -0.394 e. The predicted octanol–water partition coefficient (Wildman–Crippen LogP) is 15.4. The summed E-state index contributed by atoms with van der Waals surface area (Å²) in [5.74, 6) is -0.707. The molecule has 9 atom stereocenters. The molecule has 0 radical (unpaired) electrons. The molecule has 460 valence electrons. The van der Waals surface area contributed by atoms with Crippen LogP contribution in [0, 0.1) is 0 Å². The van der Waals surface area contributed by atoms with Gasteiger partial charge in [-0.1, -0.05) is 288 Å². The Morgan fingerprint density at radius 1 is 0.436 bits per heavy atom. The smallest absolute Gasteiger partial charge is 0.249 e. The molecule has 0 bridgehead atoms. The Kier molecular flexibility index (Phi) is 53.2. The second-order valence-corrected chi connectivity index (χ2v) is 23.5. The molecule has 1 aliphatic heterocycles. The molecule has 0 aromatic carbocycles. The number of aliphatic hydroxyl groups is 7.